The quantitative estimate of drug-likeness (QED) is 0.596. The molecule has 2 aromatic rings. The normalized spacial score (nSPS) is 16.3. The number of aryl methyl sites for hydroxylation is 1. The molecule has 0 bridgehead atoms. The summed E-state index contributed by atoms with van der Waals surface area (Å²) in [5, 5.41) is 8.79. The Kier molecular flexibility index (Phi) is 5.48. The van der Waals surface area contributed by atoms with Crippen LogP contribution in [0.1, 0.15) is 55.7 Å². The van der Waals surface area contributed by atoms with Crippen molar-refractivity contribution in [2.45, 2.75) is 51.9 Å². The molecule has 1 nitrogen and oxygen atoms in total. The van der Waals surface area contributed by atoms with Crippen LogP contribution in [0.3, 0.4) is 0 Å². The van der Waals surface area contributed by atoms with Crippen molar-refractivity contribution in [1.29, 1.82) is 5.26 Å². The van der Waals surface area contributed by atoms with Crippen LogP contribution >= 0.6 is 0 Å². The van der Waals surface area contributed by atoms with E-state index in [0.29, 0.717) is 5.56 Å². The summed E-state index contributed by atoms with van der Waals surface area (Å²) >= 11 is 0. The van der Waals surface area contributed by atoms with E-state index in [2.05, 4.69) is 19.1 Å². The minimum absolute atomic E-state index is 0.488. The SMILES string of the molecule is CCCCCC1CCc2cc(-c3cc(F)c(C#N)c(F)c3)ccc2C1. The lowest BCUT2D eigenvalue weighted by atomic mass is 9.80. The number of rotatable bonds is 5. The Bertz CT molecular complexity index is 781. The van der Waals surface area contributed by atoms with E-state index >= 15 is 0 Å². The van der Waals surface area contributed by atoms with Crippen molar-refractivity contribution in [3.05, 3.63) is 58.7 Å². The van der Waals surface area contributed by atoms with Crippen LogP contribution in [0.2, 0.25) is 0 Å². The molecule has 3 heteroatoms. The van der Waals surface area contributed by atoms with Gasteiger partial charge in [0.15, 0.2) is 0 Å². The topological polar surface area (TPSA) is 23.8 Å². The second-order valence-corrected chi connectivity index (χ2v) is 7.01. The van der Waals surface area contributed by atoms with Gasteiger partial charge in [-0.2, -0.15) is 5.26 Å². The van der Waals surface area contributed by atoms with Crippen LogP contribution in [0.5, 0.6) is 0 Å². The summed E-state index contributed by atoms with van der Waals surface area (Å²) in [6, 6.07) is 10.2. The number of unbranched alkanes of at least 4 members (excludes halogenated alkanes) is 2. The van der Waals surface area contributed by atoms with Gasteiger partial charge in [0.1, 0.15) is 23.3 Å². The highest BCUT2D eigenvalue weighted by Crippen LogP contribution is 2.33. The molecule has 2 aromatic carbocycles. The maximum Gasteiger partial charge on any atom is 0.144 e. The lowest BCUT2D eigenvalue weighted by molar-refractivity contribution is 0.408. The first-order chi connectivity index (χ1) is 12.1. The second-order valence-electron chi connectivity index (χ2n) is 7.01. The van der Waals surface area contributed by atoms with Crippen molar-refractivity contribution in [3.8, 4) is 17.2 Å². The zero-order valence-electron chi connectivity index (χ0n) is 14.6. The maximum absolute atomic E-state index is 13.9. The number of hydrogen-bond acceptors (Lipinski definition) is 1. The average molecular weight is 339 g/mol. The van der Waals surface area contributed by atoms with Gasteiger partial charge in [0.05, 0.1) is 0 Å². The van der Waals surface area contributed by atoms with E-state index in [9.17, 15) is 8.78 Å². The first-order valence-electron chi connectivity index (χ1n) is 9.13. The highest BCUT2D eigenvalue weighted by atomic mass is 19.1. The summed E-state index contributed by atoms with van der Waals surface area (Å²) in [5.74, 6) is -0.841. The number of fused-ring (bicyclic) bond motifs is 1. The van der Waals surface area contributed by atoms with Gasteiger partial charge >= 0.3 is 0 Å². The van der Waals surface area contributed by atoms with E-state index in [4.69, 9.17) is 5.26 Å². The van der Waals surface area contributed by atoms with Crippen molar-refractivity contribution in [2.75, 3.05) is 0 Å². The number of halogens is 2. The van der Waals surface area contributed by atoms with Gasteiger partial charge in [0, 0.05) is 0 Å². The molecular weight excluding hydrogens is 316 g/mol. The average Bonchev–Trinajstić information content (AvgIpc) is 2.61. The Labute approximate surface area is 148 Å². The van der Waals surface area contributed by atoms with Crippen molar-refractivity contribution in [3.63, 3.8) is 0 Å². The Morgan fingerprint density at radius 1 is 1.04 bits per heavy atom. The van der Waals surface area contributed by atoms with Crippen molar-refractivity contribution >= 4 is 0 Å². The van der Waals surface area contributed by atoms with Gasteiger partial charge in [-0.05, 0) is 59.6 Å². The molecule has 0 aliphatic heterocycles. The maximum atomic E-state index is 13.9. The van der Waals surface area contributed by atoms with Gasteiger partial charge in [-0.25, -0.2) is 8.78 Å². The molecule has 0 aromatic heterocycles. The van der Waals surface area contributed by atoms with Crippen LogP contribution in [0.4, 0.5) is 8.78 Å². The molecule has 1 aliphatic rings. The summed E-state index contributed by atoms with van der Waals surface area (Å²) in [6.45, 7) is 2.23. The molecule has 1 unspecified atom stereocenters. The molecule has 0 heterocycles. The largest absolute Gasteiger partial charge is 0.205 e. The van der Waals surface area contributed by atoms with Crippen LogP contribution < -0.4 is 0 Å². The van der Waals surface area contributed by atoms with Gasteiger partial charge in [-0.3, -0.25) is 0 Å². The molecule has 0 spiro atoms. The highest BCUT2D eigenvalue weighted by Gasteiger charge is 2.19. The van der Waals surface area contributed by atoms with Gasteiger partial charge in [0.2, 0.25) is 0 Å². The van der Waals surface area contributed by atoms with Crippen molar-refractivity contribution < 1.29 is 8.78 Å². The lowest BCUT2D eigenvalue weighted by Crippen LogP contribution is -2.14. The molecule has 3 rings (SSSR count). The number of nitriles is 1. The molecule has 25 heavy (non-hydrogen) atoms. The van der Waals surface area contributed by atoms with Crippen LogP contribution in [0.25, 0.3) is 11.1 Å². The molecule has 1 aliphatic carbocycles. The fourth-order valence-corrected chi connectivity index (χ4v) is 3.79. The third-order valence-electron chi connectivity index (χ3n) is 5.24. The van der Waals surface area contributed by atoms with E-state index in [0.717, 1.165) is 24.3 Å². The minimum Gasteiger partial charge on any atom is -0.205 e. The highest BCUT2D eigenvalue weighted by molar-refractivity contribution is 5.66. The molecule has 0 amide bonds. The molecule has 0 fully saturated rings. The third-order valence-corrected chi connectivity index (χ3v) is 5.24. The van der Waals surface area contributed by atoms with E-state index in [1.165, 1.54) is 55.4 Å². The molecule has 0 saturated carbocycles. The van der Waals surface area contributed by atoms with E-state index in [1.807, 2.05) is 6.07 Å². The number of nitrogens with zero attached hydrogens (tertiary/aromatic N) is 1. The zero-order valence-corrected chi connectivity index (χ0v) is 14.6. The molecule has 130 valence electrons. The summed E-state index contributed by atoms with van der Waals surface area (Å²) in [4.78, 5) is 0. The van der Waals surface area contributed by atoms with Gasteiger partial charge in [-0.1, -0.05) is 50.8 Å². The van der Waals surface area contributed by atoms with E-state index in [1.54, 1.807) is 6.07 Å². The van der Waals surface area contributed by atoms with E-state index in [-0.39, 0.29) is 0 Å². The van der Waals surface area contributed by atoms with Gasteiger partial charge in [0.25, 0.3) is 0 Å². The fourth-order valence-electron chi connectivity index (χ4n) is 3.79. The van der Waals surface area contributed by atoms with Gasteiger partial charge < -0.3 is 0 Å². The summed E-state index contributed by atoms with van der Waals surface area (Å²) in [5.41, 5.74) is 3.43. The summed E-state index contributed by atoms with van der Waals surface area (Å²) in [7, 11) is 0. The molecule has 0 radical (unpaired) electrons. The molecule has 1 atom stereocenters. The predicted molar refractivity (Wildman–Crippen MR) is 96.2 cm³/mol. The fraction of sp³-hybridized carbons (Fsp3) is 0.409. The second kappa shape index (κ2) is 7.78. The summed E-state index contributed by atoms with van der Waals surface area (Å²) in [6.07, 6.45) is 8.48. The predicted octanol–water partition coefficient (Wildman–Crippen LogP) is 6.19. The Hall–Kier alpha value is -2.21. The lowest BCUT2D eigenvalue weighted by Gasteiger charge is -2.25. The van der Waals surface area contributed by atoms with Crippen LogP contribution in [0, 0.1) is 28.9 Å². The molecule has 0 saturated heterocycles. The Morgan fingerprint density at radius 3 is 2.48 bits per heavy atom. The first kappa shape index (κ1) is 17.6. The molecule has 0 N–H and O–H groups in total. The summed E-state index contributed by atoms with van der Waals surface area (Å²) < 4.78 is 27.7. The monoisotopic (exact) mass is 339 g/mol. The van der Waals surface area contributed by atoms with Crippen molar-refractivity contribution in [2.24, 2.45) is 5.92 Å². The number of benzene rings is 2. The van der Waals surface area contributed by atoms with Crippen molar-refractivity contribution in [1.82, 2.24) is 0 Å². The minimum atomic E-state index is -0.800. The standard InChI is InChI=1S/C22H23F2N/c1-2-3-4-5-15-6-7-17-11-18(9-8-16(17)10-15)19-12-21(23)20(14-25)22(24)13-19/h8-9,11-13,15H,2-7,10H2,1H3. The van der Waals surface area contributed by atoms with E-state index < -0.39 is 17.2 Å². The van der Waals surface area contributed by atoms with Crippen LogP contribution in [-0.4, -0.2) is 0 Å². The third kappa shape index (κ3) is 3.90. The molecular formula is C22H23F2N. The smallest absolute Gasteiger partial charge is 0.144 e. The van der Waals surface area contributed by atoms with Crippen LogP contribution in [0.15, 0.2) is 30.3 Å². The van der Waals surface area contributed by atoms with Gasteiger partial charge in [-0.15, -0.1) is 0 Å². The zero-order chi connectivity index (χ0) is 17.8. The van der Waals surface area contributed by atoms with Crippen LogP contribution in [-0.2, 0) is 12.8 Å². The first-order valence-corrected chi connectivity index (χ1v) is 9.13. The number of hydrogen-bond donors (Lipinski definition) is 0. The Balaban J connectivity index is 1.80. The Morgan fingerprint density at radius 2 is 1.80 bits per heavy atom.